The van der Waals surface area contributed by atoms with Crippen LogP contribution in [0.2, 0.25) is 0 Å². The Morgan fingerprint density at radius 2 is 1.90 bits per heavy atom. The van der Waals surface area contributed by atoms with Gasteiger partial charge in [-0.3, -0.25) is 0 Å². The number of nitrogens with one attached hydrogen (secondary N) is 1. The van der Waals surface area contributed by atoms with Gasteiger partial charge in [-0.1, -0.05) is 48.5 Å². The summed E-state index contributed by atoms with van der Waals surface area (Å²) in [7, 11) is 0. The average Bonchev–Trinajstić information content (AvgIpc) is 3.49. The Hall–Kier alpha value is -3.80. The maximum absolute atomic E-state index is 5.19. The molecule has 1 atom stereocenters. The molecule has 2 aromatic carbocycles. The van der Waals surface area contributed by atoms with Crippen LogP contribution < -0.4 is 4.90 Å². The van der Waals surface area contributed by atoms with Gasteiger partial charge in [0.25, 0.3) is 0 Å². The van der Waals surface area contributed by atoms with Gasteiger partial charge in [0.2, 0.25) is 0 Å². The van der Waals surface area contributed by atoms with E-state index in [1.54, 1.807) is 12.7 Å². The van der Waals surface area contributed by atoms with Gasteiger partial charge in [-0.25, -0.2) is 19.9 Å². The van der Waals surface area contributed by atoms with Crippen LogP contribution in [0.15, 0.2) is 67.3 Å². The molecular weight excluding hydrogens is 384 g/mol. The van der Waals surface area contributed by atoms with Crippen molar-refractivity contribution < 1.29 is 0 Å². The van der Waals surface area contributed by atoms with E-state index in [0.29, 0.717) is 5.65 Å². The lowest BCUT2D eigenvalue weighted by molar-refractivity contribution is 0.712. The number of H-pyrrole nitrogens is 1. The van der Waals surface area contributed by atoms with Gasteiger partial charge in [0.1, 0.15) is 11.8 Å². The van der Waals surface area contributed by atoms with Crippen molar-refractivity contribution in [2.45, 2.75) is 25.8 Å². The fourth-order valence-corrected chi connectivity index (χ4v) is 4.76. The number of aromatic nitrogens is 5. The number of benzene rings is 2. The van der Waals surface area contributed by atoms with Crippen molar-refractivity contribution in [1.82, 2.24) is 24.9 Å². The summed E-state index contributed by atoms with van der Waals surface area (Å²) in [5, 5.41) is 1.18. The summed E-state index contributed by atoms with van der Waals surface area (Å²) in [6.45, 7) is 3.07. The molecule has 0 amide bonds. The number of rotatable bonds is 3. The van der Waals surface area contributed by atoms with Crippen LogP contribution in [0.3, 0.4) is 0 Å². The molecule has 6 rings (SSSR count). The van der Waals surface area contributed by atoms with Crippen LogP contribution in [0.5, 0.6) is 0 Å². The second kappa shape index (κ2) is 7.16. The van der Waals surface area contributed by atoms with E-state index in [0.717, 1.165) is 47.5 Å². The highest BCUT2D eigenvalue weighted by Crippen LogP contribution is 2.41. The van der Waals surface area contributed by atoms with E-state index in [-0.39, 0.29) is 6.04 Å². The van der Waals surface area contributed by atoms with Crippen molar-refractivity contribution >= 4 is 27.9 Å². The van der Waals surface area contributed by atoms with Crippen LogP contribution in [0, 0.1) is 6.92 Å². The standard InChI is InChI=1S/C25H22N6/c1-16-7-5-10-18-13-19(22(30-21(16)18)17-8-3-2-4-9-17)20-11-6-12-31(20)25-23-24(27-14-26-23)28-15-29-25/h2-5,7-10,13-15,20H,6,11-12H2,1H3,(H,26,27,28,29)/t20-/m0/s1. The lowest BCUT2D eigenvalue weighted by Crippen LogP contribution is -2.24. The zero-order valence-electron chi connectivity index (χ0n) is 17.3. The minimum Gasteiger partial charge on any atom is -0.348 e. The molecule has 6 nitrogen and oxygen atoms in total. The molecule has 1 fully saturated rings. The first-order chi connectivity index (χ1) is 15.3. The molecule has 0 unspecified atom stereocenters. The second-order valence-corrected chi connectivity index (χ2v) is 8.09. The average molecular weight is 406 g/mol. The summed E-state index contributed by atoms with van der Waals surface area (Å²) in [6.07, 6.45) is 5.44. The van der Waals surface area contributed by atoms with Crippen molar-refractivity contribution in [2.24, 2.45) is 0 Å². The molecule has 152 valence electrons. The third kappa shape index (κ3) is 2.94. The molecule has 3 aromatic heterocycles. The monoisotopic (exact) mass is 406 g/mol. The van der Waals surface area contributed by atoms with Crippen molar-refractivity contribution in [1.29, 1.82) is 0 Å². The molecule has 6 heteroatoms. The summed E-state index contributed by atoms with van der Waals surface area (Å²) in [5.41, 5.74) is 7.28. The Balaban J connectivity index is 1.57. The smallest absolute Gasteiger partial charge is 0.182 e. The maximum atomic E-state index is 5.19. The number of aryl methyl sites for hydroxylation is 1. The number of fused-ring (bicyclic) bond motifs is 2. The summed E-state index contributed by atoms with van der Waals surface area (Å²) in [6, 6.07) is 19.4. The molecule has 1 aliphatic rings. The van der Waals surface area contributed by atoms with E-state index in [1.807, 2.05) is 6.07 Å². The van der Waals surface area contributed by atoms with Crippen LogP contribution in [-0.4, -0.2) is 31.5 Å². The summed E-state index contributed by atoms with van der Waals surface area (Å²) in [4.78, 5) is 24.1. The van der Waals surface area contributed by atoms with E-state index in [4.69, 9.17) is 4.98 Å². The van der Waals surface area contributed by atoms with Crippen molar-refractivity contribution in [2.75, 3.05) is 11.4 Å². The molecular formula is C25H22N6. The van der Waals surface area contributed by atoms with Gasteiger partial charge < -0.3 is 9.88 Å². The maximum Gasteiger partial charge on any atom is 0.182 e. The largest absolute Gasteiger partial charge is 0.348 e. The van der Waals surface area contributed by atoms with Crippen LogP contribution in [-0.2, 0) is 0 Å². The van der Waals surface area contributed by atoms with E-state index < -0.39 is 0 Å². The first-order valence-corrected chi connectivity index (χ1v) is 10.7. The van der Waals surface area contributed by atoms with Gasteiger partial charge in [0.15, 0.2) is 11.5 Å². The van der Waals surface area contributed by atoms with Gasteiger partial charge in [-0.05, 0) is 31.4 Å². The zero-order valence-corrected chi connectivity index (χ0v) is 17.3. The van der Waals surface area contributed by atoms with Crippen LogP contribution in [0.4, 0.5) is 5.82 Å². The fraction of sp³-hybridized carbons (Fsp3) is 0.200. The molecule has 0 spiro atoms. The number of imidazole rings is 1. The predicted octanol–water partition coefficient (Wildman–Crippen LogP) is 5.22. The molecule has 0 bridgehead atoms. The number of para-hydroxylation sites is 1. The highest BCUT2D eigenvalue weighted by molar-refractivity contribution is 5.87. The van der Waals surface area contributed by atoms with Gasteiger partial charge in [0, 0.05) is 23.1 Å². The topological polar surface area (TPSA) is 70.6 Å². The Labute approximate surface area is 180 Å². The Morgan fingerprint density at radius 3 is 2.81 bits per heavy atom. The number of pyridine rings is 1. The normalized spacial score (nSPS) is 16.4. The van der Waals surface area contributed by atoms with Gasteiger partial charge in [-0.15, -0.1) is 0 Å². The van der Waals surface area contributed by atoms with Gasteiger partial charge >= 0.3 is 0 Å². The van der Waals surface area contributed by atoms with Gasteiger partial charge in [0.05, 0.1) is 23.6 Å². The first-order valence-electron chi connectivity index (χ1n) is 10.7. The molecule has 1 saturated heterocycles. The molecule has 0 aliphatic carbocycles. The minimum atomic E-state index is 0.189. The summed E-state index contributed by atoms with van der Waals surface area (Å²) < 4.78 is 0. The molecule has 31 heavy (non-hydrogen) atoms. The van der Waals surface area contributed by atoms with Crippen LogP contribution in [0.1, 0.15) is 30.0 Å². The summed E-state index contributed by atoms with van der Waals surface area (Å²) in [5.74, 6) is 0.911. The Morgan fingerprint density at radius 1 is 1.00 bits per heavy atom. The van der Waals surface area contributed by atoms with E-state index in [9.17, 15) is 0 Å². The van der Waals surface area contributed by atoms with Crippen LogP contribution >= 0.6 is 0 Å². The second-order valence-electron chi connectivity index (χ2n) is 8.09. The van der Waals surface area contributed by atoms with E-state index in [1.165, 1.54) is 16.5 Å². The fourth-order valence-electron chi connectivity index (χ4n) is 4.76. The number of anilines is 1. The van der Waals surface area contributed by atoms with Crippen molar-refractivity contribution in [3.05, 3.63) is 78.4 Å². The molecule has 4 heterocycles. The molecule has 0 saturated carbocycles. The quantitative estimate of drug-likeness (QED) is 0.445. The number of aromatic amines is 1. The third-order valence-corrected chi connectivity index (χ3v) is 6.21. The van der Waals surface area contributed by atoms with Crippen molar-refractivity contribution in [3.63, 3.8) is 0 Å². The minimum absolute atomic E-state index is 0.189. The predicted molar refractivity (Wildman–Crippen MR) is 123 cm³/mol. The van der Waals surface area contributed by atoms with Gasteiger partial charge in [-0.2, -0.15) is 0 Å². The van der Waals surface area contributed by atoms with E-state index >= 15 is 0 Å². The number of nitrogens with zero attached hydrogens (tertiary/aromatic N) is 5. The Bertz CT molecular complexity index is 1390. The highest BCUT2D eigenvalue weighted by Gasteiger charge is 2.31. The van der Waals surface area contributed by atoms with Crippen molar-refractivity contribution in [3.8, 4) is 11.3 Å². The van der Waals surface area contributed by atoms with Crippen LogP contribution in [0.25, 0.3) is 33.3 Å². The zero-order chi connectivity index (χ0) is 20.8. The molecule has 1 aliphatic heterocycles. The lowest BCUT2D eigenvalue weighted by atomic mass is 9.95. The first kappa shape index (κ1) is 18.0. The Kier molecular flexibility index (Phi) is 4.16. The summed E-state index contributed by atoms with van der Waals surface area (Å²) >= 11 is 0. The highest BCUT2D eigenvalue weighted by atomic mass is 15.2. The molecule has 5 aromatic rings. The molecule has 0 radical (unpaired) electrons. The molecule has 1 N–H and O–H groups in total. The van der Waals surface area contributed by atoms with E-state index in [2.05, 4.69) is 80.3 Å². The lowest BCUT2D eigenvalue weighted by Gasteiger charge is -2.28. The third-order valence-electron chi connectivity index (χ3n) is 6.21. The number of hydrogen-bond donors (Lipinski definition) is 1. The SMILES string of the molecule is Cc1cccc2cc([C@@H]3CCCN3c3ncnc4nc[nH]c34)c(-c3ccccc3)nc12. The number of hydrogen-bond acceptors (Lipinski definition) is 5.